The predicted molar refractivity (Wildman–Crippen MR) is 59.7 cm³/mol. The number of aromatic amines is 1. The second-order valence-electron chi connectivity index (χ2n) is 3.30. The van der Waals surface area contributed by atoms with Crippen LogP contribution in [0.1, 0.15) is 5.56 Å². The van der Waals surface area contributed by atoms with Gasteiger partial charge in [0, 0.05) is 0 Å². The fourth-order valence-corrected chi connectivity index (χ4v) is 1.47. The van der Waals surface area contributed by atoms with E-state index in [-0.39, 0.29) is 5.91 Å². The average Bonchev–Trinajstić information content (AvgIpc) is 2.65. The Labute approximate surface area is 87.0 Å². The van der Waals surface area contributed by atoms with Gasteiger partial charge in [-0.05, 0) is 30.7 Å². The molecule has 0 radical (unpaired) electrons. The molecule has 0 bridgehead atoms. The van der Waals surface area contributed by atoms with E-state index < -0.39 is 0 Å². The number of fused-ring (bicyclic) bond motifs is 1. The molecular formula is C11H11N3O. The van der Waals surface area contributed by atoms with Crippen LogP contribution in [0.5, 0.6) is 0 Å². The van der Waals surface area contributed by atoms with Crippen molar-refractivity contribution in [3.8, 4) is 0 Å². The summed E-state index contributed by atoms with van der Waals surface area (Å²) in [4.78, 5) is 18.3. The first-order chi connectivity index (χ1) is 7.20. The van der Waals surface area contributed by atoms with Gasteiger partial charge in [-0.3, -0.25) is 4.79 Å². The minimum absolute atomic E-state index is 0.232. The largest absolute Gasteiger partial charge is 0.345 e. The zero-order chi connectivity index (χ0) is 10.8. The highest BCUT2D eigenvalue weighted by atomic mass is 16.1. The van der Waals surface area contributed by atoms with Gasteiger partial charge in [-0.2, -0.15) is 0 Å². The molecule has 15 heavy (non-hydrogen) atoms. The average molecular weight is 201 g/mol. The van der Waals surface area contributed by atoms with Gasteiger partial charge >= 0.3 is 0 Å². The normalized spacial score (nSPS) is 10.2. The highest BCUT2D eigenvalue weighted by Crippen LogP contribution is 2.22. The van der Waals surface area contributed by atoms with Crippen LogP contribution in [0, 0.1) is 6.92 Å². The molecule has 0 aliphatic rings. The summed E-state index contributed by atoms with van der Waals surface area (Å²) in [6.45, 7) is 5.37. The minimum atomic E-state index is -0.232. The van der Waals surface area contributed by atoms with Gasteiger partial charge in [-0.1, -0.05) is 6.58 Å². The summed E-state index contributed by atoms with van der Waals surface area (Å²) in [7, 11) is 0. The second-order valence-corrected chi connectivity index (χ2v) is 3.30. The van der Waals surface area contributed by atoms with Crippen LogP contribution in [-0.2, 0) is 4.79 Å². The van der Waals surface area contributed by atoms with Crippen molar-refractivity contribution in [2.75, 3.05) is 5.32 Å². The molecule has 0 saturated carbocycles. The van der Waals surface area contributed by atoms with Gasteiger partial charge in [0.25, 0.3) is 0 Å². The SMILES string of the molecule is C=CC(=O)Nc1cc(C)cc2[nH]cnc12. The third-order valence-electron chi connectivity index (χ3n) is 2.11. The van der Waals surface area contributed by atoms with E-state index >= 15 is 0 Å². The van der Waals surface area contributed by atoms with Crippen molar-refractivity contribution in [2.45, 2.75) is 6.92 Å². The third-order valence-corrected chi connectivity index (χ3v) is 2.11. The molecule has 1 aromatic heterocycles. The van der Waals surface area contributed by atoms with E-state index in [9.17, 15) is 4.79 Å². The lowest BCUT2D eigenvalue weighted by atomic mass is 10.2. The Morgan fingerprint density at radius 1 is 1.60 bits per heavy atom. The number of benzene rings is 1. The van der Waals surface area contributed by atoms with Gasteiger partial charge in [0.1, 0.15) is 5.52 Å². The third kappa shape index (κ3) is 1.74. The van der Waals surface area contributed by atoms with E-state index in [4.69, 9.17) is 0 Å². The number of nitrogens with zero attached hydrogens (tertiary/aromatic N) is 1. The monoisotopic (exact) mass is 201 g/mol. The Balaban J connectivity index is 2.53. The number of imidazole rings is 1. The van der Waals surface area contributed by atoms with Crippen LogP contribution in [0.25, 0.3) is 11.0 Å². The second kappa shape index (κ2) is 3.57. The Bertz CT molecular complexity index is 528. The van der Waals surface area contributed by atoms with Crippen LogP contribution in [0.4, 0.5) is 5.69 Å². The number of H-pyrrole nitrogens is 1. The highest BCUT2D eigenvalue weighted by Gasteiger charge is 2.06. The molecule has 2 rings (SSSR count). The van der Waals surface area contributed by atoms with Crippen LogP contribution in [-0.4, -0.2) is 15.9 Å². The molecule has 76 valence electrons. The fraction of sp³-hybridized carbons (Fsp3) is 0.0909. The summed E-state index contributed by atoms with van der Waals surface area (Å²) < 4.78 is 0. The van der Waals surface area contributed by atoms with E-state index in [0.29, 0.717) is 5.69 Å². The van der Waals surface area contributed by atoms with E-state index in [0.717, 1.165) is 16.6 Å². The van der Waals surface area contributed by atoms with Crippen molar-refractivity contribution in [2.24, 2.45) is 0 Å². The first-order valence-corrected chi connectivity index (χ1v) is 4.58. The van der Waals surface area contributed by atoms with Crippen LogP contribution in [0.2, 0.25) is 0 Å². The zero-order valence-electron chi connectivity index (χ0n) is 8.37. The molecule has 0 fully saturated rings. The summed E-state index contributed by atoms with van der Waals surface area (Å²) in [5.41, 5.74) is 3.44. The van der Waals surface area contributed by atoms with Crippen LogP contribution in [0.3, 0.4) is 0 Å². The molecule has 0 aliphatic heterocycles. The van der Waals surface area contributed by atoms with Gasteiger partial charge < -0.3 is 10.3 Å². The molecule has 2 aromatic rings. The first kappa shape index (κ1) is 9.45. The number of carbonyl (C=O) groups excluding carboxylic acids is 1. The molecule has 0 spiro atoms. The number of hydrogen-bond acceptors (Lipinski definition) is 2. The topological polar surface area (TPSA) is 57.8 Å². The van der Waals surface area contributed by atoms with Crippen LogP contribution in [0.15, 0.2) is 31.1 Å². The Morgan fingerprint density at radius 3 is 3.13 bits per heavy atom. The summed E-state index contributed by atoms with van der Waals surface area (Å²) >= 11 is 0. The first-order valence-electron chi connectivity index (χ1n) is 4.58. The smallest absolute Gasteiger partial charge is 0.247 e. The summed E-state index contributed by atoms with van der Waals surface area (Å²) in [6, 6.07) is 3.86. The van der Waals surface area contributed by atoms with Crippen molar-refractivity contribution in [3.63, 3.8) is 0 Å². The number of anilines is 1. The lowest BCUT2D eigenvalue weighted by molar-refractivity contribution is -0.111. The van der Waals surface area contributed by atoms with Gasteiger partial charge in [-0.25, -0.2) is 4.98 Å². The molecule has 0 unspecified atom stereocenters. The van der Waals surface area contributed by atoms with Gasteiger partial charge in [0.2, 0.25) is 5.91 Å². The maximum Gasteiger partial charge on any atom is 0.247 e. The quantitative estimate of drug-likeness (QED) is 0.730. The highest BCUT2D eigenvalue weighted by molar-refractivity contribution is 6.04. The van der Waals surface area contributed by atoms with E-state index in [2.05, 4.69) is 21.9 Å². The molecule has 2 N–H and O–H groups in total. The number of hydrogen-bond donors (Lipinski definition) is 2. The molecule has 0 saturated heterocycles. The molecule has 4 heteroatoms. The van der Waals surface area contributed by atoms with Crippen molar-refractivity contribution in [3.05, 3.63) is 36.7 Å². The molecule has 1 amide bonds. The van der Waals surface area contributed by atoms with Crippen molar-refractivity contribution >= 4 is 22.6 Å². The molecular weight excluding hydrogens is 190 g/mol. The molecule has 0 aliphatic carbocycles. The van der Waals surface area contributed by atoms with Crippen molar-refractivity contribution in [1.82, 2.24) is 9.97 Å². The summed E-state index contributed by atoms with van der Waals surface area (Å²) in [5.74, 6) is -0.232. The number of nitrogens with one attached hydrogen (secondary N) is 2. The lowest BCUT2D eigenvalue weighted by Gasteiger charge is -2.04. The van der Waals surface area contributed by atoms with Gasteiger partial charge in [-0.15, -0.1) is 0 Å². The fourth-order valence-electron chi connectivity index (χ4n) is 1.47. The van der Waals surface area contributed by atoms with Crippen LogP contribution < -0.4 is 5.32 Å². The van der Waals surface area contributed by atoms with E-state index in [1.807, 2.05) is 19.1 Å². The number of aryl methyl sites for hydroxylation is 1. The molecule has 0 atom stereocenters. The number of aromatic nitrogens is 2. The van der Waals surface area contributed by atoms with Crippen molar-refractivity contribution < 1.29 is 4.79 Å². The molecule has 4 nitrogen and oxygen atoms in total. The summed E-state index contributed by atoms with van der Waals surface area (Å²) in [5, 5.41) is 2.72. The Kier molecular flexibility index (Phi) is 2.25. The minimum Gasteiger partial charge on any atom is -0.345 e. The molecule has 1 heterocycles. The zero-order valence-corrected chi connectivity index (χ0v) is 8.37. The number of amides is 1. The maximum atomic E-state index is 11.2. The predicted octanol–water partition coefficient (Wildman–Crippen LogP) is 2.00. The van der Waals surface area contributed by atoms with Crippen LogP contribution >= 0.6 is 0 Å². The van der Waals surface area contributed by atoms with Gasteiger partial charge in [0.05, 0.1) is 17.5 Å². The summed E-state index contributed by atoms with van der Waals surface area (Å²) in [6.07, 6.45) is 2.84. The van der Waals surface area contributed by atoms with E-state index in [1.165, 1.54) is 6.08 Å². The van der Waals surface area contributed by atoms with Gasteiger partial charge in [0.15, 0.2) is 0 Å². The lowest BCUT2D eigenvalue weighted by Crippen LogP contribution is -2.07. The standard InChI is InChI=1S/C11H11N3O/c1-3-10(15)14-9-5-7(2)4-8-11(9)13-6-12-8/h3-6H,1H2,2H3,(H,12,13)(H,14,15). The molecule has 1 aromatic carbocycles. The van der Waals surface area contributed by atoms with Crippen molar-refractivity contribution in [1.29, 1.82) is 0 Å². The number of carbonyl (C=O) groups is 1. The Morgan fingerprint density at radius 2 is 2.40 bits per heavy atom. The Hall–Kier alpha value is -2.10. The number of rotatable bonds is 2. The van der Waals surface area contributed by atoms with E-state index in [1.54, 1.807) is 6.33 Å². The maximum absolute atomic E-state index is 11.2.